The number of anilines is 1. The molecule has 35 heavy (non-hydrogen) atoms. The number of halogens is 1. The van der Waals surface area contributed by atoms with Crippen molar-refractivity contribution in [1.29, 1.82) is 0 Å². The lowest BCUT2D eigenvalue weighted by molar-refractivity contribution is -0.117. The molecular formula is C28H21FN2O3S. The highest BCUT2D eigenvalue weighted by atomic mass is 32.1. The van der Waals surface area contributed by atoms with E-state index in [1.165, 1.54) is 34.4 Å². The molecule has 174 valence electrons. The highest BCUT2D eigenvalue weighted by Gasteiger charge is 2.45. The number of hydrogen-bond donors (Lipinski definition) is 1. The lowest BCUT2D eigenvalue weighted by atomic mass is 9.92. The average molecular weight is 485 g/mol. The second-order valence-corrected chi connectivity index (χ2v) is 9.30. The van der Waals surface area contributed by atoms with Crippen molar-refractivity contribution in [2.24, 2.45) is 0 Å². The van der Waals surface area contributed by atoms with Crippen LogP contribution in [-0.2, 0) is 4.79 Å². The Balaban J connectivity index is 1.66. The van der Waals surface area contributed by atoms with E-state index in [0.29, 0.717) is 21.1 Å². The Hall–Kier alpha value is -4.10. The van der Waals surface area contributed by atoms with Gasteiger partial charge in [0.1, 0.15) is 10.8 Å². The van der Waals surface area contributed by atoms with Crippen molar-refractivity contribution >= 4 is 28.7 Å². The fraction of sp³-hybridized carbons (Fsp3) is 0.107. The molecule has 0 fully saturated rings. The Morgan fingerprint density at radius 2 is 1.71 bits per heavy atom. The molecule has 0 saturated carbocycles. The molecule has 1 atom stereocenters. The molecule has 0 bridgehead atoms. The molecule has 4 aromatic rings. The summed E-state index contributed by atoms with van der Waals surface area (Å²) >= 11 is 1.22. The van der Waals surface area contributed by atoms with Crippen LogP contribution < -0.4 is 4.90 Å². The monoisotopic (exact) mass is 484 g/mol. The summed E-state index contributed by atoms with van der Waals surface area (Å²) in [6.07, 6.45) is 0. The molecule has 0 saturated heterocycles. The van der Waals surface area contributed by atoms with Crippen molar-refractivity contribution in [3.8, 4) is 10.6 Å². The van der Waals surface area contributed by atoms with Crippen LogP contribution in [0.2, 0.25) is 0 Å². The first-order valence-corrected chi connectivity index (χ1v) is 11.8. The molecule has 3 aromatic carbocycles. The van der Waals surface area contributed by atoms with Crippen LogP contribution >= 0.6 is 11.3 Å². The normalized spacial score (nSPS) is 15.7. The van der Waals surface area contributed by atoms with Gasteiger partial charge in [0.25, 0.3) is 5.91 Å². The molecule has 1 aliphatic heterocycles. The number of rotatable bonds is 5. The third kappa shape index (κ3) is 3.94. The van der Waals surface area contributed by atoms with Gasteiger partial charge in [0, 0.05) is 11.3 Å². The number of aliphatic hydroxyl groups excluding tert-OH is 1. The van der Waals surface area contributed by atoms with E-state index in [0.717, 1.165) is 11.1 Å². The molecule has 1 amide bonds. The fourth-order valence-corrected chi connectivity index (χ4v) is 5.38. The topological polar surface area (TPSA) is 70.5 Å². The van der Waals surface area contributed by atoms with E-state index < -0.39 is 29.3 Å². The number of thiazole rings is 1. The molecule has 7 heteroatoms. The van der Waals surface area contributed by atoms with Crippen LogP contribution in [0.25, 0.3) is 10.6 Å². The van der Waals surface area contributed by atoms with Gasteiger partial charge in [0.15, 0.2) is 5.76 Å². The van der Waals surface area contributed by atoms with Gasteiger partial charge in [-0.25, -0.2) is 9.37 Å². The van der Waals surface area contributed by atoms with Crippen LogP contribution in [0.5, 0.6) is 0 Å². The third-order valence-corrected chi connectivity index (χ3v) is 7.25. The summed E-state index contributed by atoms with van der Waals surface area (Å²) < 4.78 is 14.1. The molecular weight excluding hydrogens is 463 g/mol. The van der Waals surface area contributed by atoms with E-state index >= 15 is 0 Å². The standard InChI is InChI=1S/C28H21FN2O3S/c1-16-9-6-7-14-21(16)23-22(25(33)28(34)31(23)20-13-8-12-19(29)15-20)24(32)26-17(2)30-27(35-26)18-10-4-3-5-11-18/h3-15,23,33H,1-2H3. The number of hydrogen-bond acceptors (Lipinski definition) is 5. The van der Waals surface area contributed by atoms with E-state index in [1.807, 2.05) is 49.4 Å². The van der Waals surface area contributed by atoms with Gasteiger partial charge in [-0.3, -0.25) is 14.5 Å². The molecule has 0 aliphatic carbocycles. The van der Waals surface area contributed by atoms with Gasteiger partial charge in [-0.15, -0.1) is 11.3 Å². The van der Waals surface area contributed by atoms with Crippen molar-refractivity contribution in [3.05, 3.63) is 118 Å². The van der Waals surface area contributed by atoms with E-state index in [9.17, 15) is 19.1 Å². The number of benzene rings is 3. The van der Waals surface area contributed by atoms with E-state index in [1.54, 1.807) is 25.1 Å². The molecule has 1 aliphatic rings. The SMILES string of the molecule is Cc1ccccc1C1C(C(=O)c2sc(-c3ccccc3)nc2C)=C(O)C(=O)N1c1cccc(F)c1. The summed E-state index contributed by atoms with van der Waals surface area (Å²) in [6, 6.07) is 21.5. The van der Waals surface area contributed by atoms with E-state index in [-0.39, 0.29) is 11.3 Å². The number of ketones is 1. The van der Waals surface area contributed by atoms with Gasteiger partial charge in [0.05, 0.1) is 22.2 Å². The summed E-state index contributed by atoms with van der Waals surface area (Å²) in [4.78, 5) is 33.4. The number of amides is 1. The van der Waals surface area contributed by atoms with Crippen molar-refractivity contribution in [1.82, 2.24) is 4.98 Å². The van der Waals surface area contributed by atoms with Crippen LogP contribution in [0.3, 0.4) is 0 Å². The minimum Gasteiger partial charge on any atom is -0.503 e. The number of nitrogens with zero attached hydrogens (tertiary/aromatic N) is 2. The predicted octanol–water partition coefficient (Wildman–Crippen LogP) is 6.35. The first-order chi connectivity index (χ1) is 16.9. The van der Waals surface area contributed by atoms with Crippen LogP contribution in [-0.4, -0.2) is 21.8 Å². The maximum atomic E-state index is 14.1. The minimum atomic E-state index is -0.917. The summed E-state index contributed by atoms with van der Waals surface area (Å²) in [5, 5.41) is 11.7. The van der Waals surface area contributed by atoms with Gasteiger partial charge in [-0.2, -0.15) is 0 Å². The zero-order chi connectivity index (χ0) is 24.7. The molecule has 1 N–H and O–H groups in total. The highest BCUT2D eigenvalue weighted by molar-refractivity contribution is 7.17. The number of aromatic nitrogens is 1. The van der Waals surface area contributed by atoms with Gasteiger partial charge < -0.3 is 5.11 Å². The molecule has 1 unspecified atom stereocenters. The lowest BCUT2D eigenvalue weighted by Gasteiger charge is -2.28. The first kappa shape index (κ1) is 22.7. The zero-order valence-corrected chi connectivity index (χ0v) is 19.8. The second-order valence-electron chi connectivity index (χ2n) is 8.31. The average Bonchev–Trinajstić information content (AvgIpc) is 3.37. The Labute approximate surface area is 205 Å². The van der Waals surface area contributed by atoms with Gasteiger partial charge in [0.2, 0.25) is 5.78 Å². The third-order valence-electron chi connectivity index (χ3n) is 6.05. The minimum absolute atomic E-state index is 0.0417. The first-order valence-electron chi connectivity index (χ1n) is 11.0. The Kier molecular flexibility index (Phi) is 5.78. The molecule has 2 heterocycles. The predicted molar refractivity (Wildman–Crippen MR) is 134 cm³/mol. The fourth-order valence-electron chi connectivity index (χ4n) is 4.35. The summed E-state index contributed by atoms with van der Waals surface area (Å²) in [6.45, 7) is 3.60. The molecule has 0 radical (unpaired) electrons. The molecule has 5 rings (SSSR count). The number of carbonyl (C=O) groups excluding carboxylic acids is 2. The molecule has 5 nitrogen and oxygen atoms in total. The van der Waals surface area contributed by atoms with Gasteiger partial charge in [-0.1, -0.05) is 60.7 Å². The number of aryl methyl sites for hydroxylation is 2. The van der Waals surface area contributed by atoms with Crippen molar-refractivity contribution in [2.45, 2.75) is 19.9 Å². The smallest absolute Gasteiger partial charge is 0.294 e. The summed E-state index contributed by atoms with van der Waals surface area (Å²) in [5.41, 5.74) is 3.10. The Bertz CT molecular complexity index is 1490. The maximum absolute atomic E-state index is 14.1. The summed E-state index contributed by atoms with van der Waals surface area (Å²) in [5.74, 6) is -2.39. The largest absolute Gasteiger partial charge is 0.503 e. The number of Topliss-reactive ketones (excluding diaryl/α,β-unsaturated/α-hetero) is 1. The van der Waals surface area contributed by atoms with Crippen LogP contribution in [0.15, 0.2) is 90.2 Å². The maximum Gasteiger partial charge on any atom is 0.294 e. The Morgan fingerprint density at radius 1 is 1.00 bits per heavy atom. The van der Waals surface area contributed by atoms with Gasteiger partial charge in [-0.05, 0) is 43.2 Å². The zero-order valence-electron chi connectivity index (χ0n) is 19.0. The Morgan fingerprint density at radius 3 is 2.43 bits per heavy atom. The lowest BCUT2D eigenvalue weighted by Crippen LogP contribution is -2.31. The van der Waals surface area contributed by atoms with E-state index in [4.69, 9.17) is 0 Å². The van der Waals surface area contributed by atoms with Crippen molar-refractivity contribution < 1.29 is 19.1 Å². The number of carbonyl (C=O) groups is 2. The van der Waals surface area contributed by atoms with Crippen LogP contribution in [0.1, 0.15) is 32.5 Å². The van der Waals surface area contributed by atoms with Crippen molar-refractivity contribution in [2.75, 3.05) is 4.90 Å². The van der Waals surface area contributed by atoms with Crippen LogP contribution in [0.4, 0.5) is 10.1 Å². The van der Waals surface area contributed by atoms with Crippen LogP contribution in [0, 0.1) is 19.7 Å². The second kappa shape index (κ2) is 8.92. The molecule has 1 aromatic heterocycles. The highest BCUT2D eigenvalue weighted by Crippen LogP contribution is 2.44. The van der Waals surface area contributed by atoms with E-state index in [2.05, 4.69) is 4.98 Å². The van der Waals surface area contributed by atoms with Crippen molar-refractivity contribution in [3.63, 3.8) is 0 Å². The summed E-state index contributed by atoms with van der Waals surface area (Å²) in [7, 11) is 0. The number of aliphatic hydroxyl groups is 1. The molecule has 0 spiro atoms. The van der Waals surface area contributed by atoms with Gasteiger partial charge >= 0.3 is 0 Å². The quantitative estimate of drug-likeness (QED) is 0.335.